The standard InChI is InChI=1S/C22H29NO3S/c1-22(2,13-5-6-16-7-10-18(26-3)11-8-16)23-15-20(25)17-9-12-19(24)21(14-17)27-4/h7-12,14,23-24H,5-6,13,15H2,1-4H3. The Hall–Kier alpha value is -1.98. The average molecular weight is 388 g/mol. The van der Waals surface area contributed by atoms with Crippen molar-refractivity contribution >= 4 is 17.5 Å². The average Bonchev–Trinajstić information content (AvgIpc) is 2.67. The number of carbonyl (C=O) groups excluding carboxylic acids is 1. The first kappa shape index (κ1) is 21.3. The topological polar surface area (TPSA) is 58.6 Å². The maximum absolute atomic E-state index is 12.5. The lowest BCUT2D eigenvalue weighted by Gasteiger charge is -2.26. The van der Waals surface area contributed by atoms with Crippen LogP contribution in [-0.2, 0) is 6.42 Å². The predicted octanol–water partition coefficient (Wildman–Crippen LogP) is 4.70. The molecule has 2 aromatic carbocycles. The lowest BCUT2D eigenvalue weighted by Crippen LogP contribution is -2.42. The highest BCUT2D eigenvalue weighted by Gasteiger charge is 2.19. The van der Waals surface area contributed by atoms with Gasteiger partial charge in [0.15, 0.2) is 5.78 Å². The van der Waals surface area contributed by atoms with E-state index < -0.39 is 0 Å². The van der Waals surface area contributed by atoms with E-state index in [1.165, 1.54) is 17.3 Å². The third-order valence-electron chi connectivity index (χ3n) is 4.66. The molecule has 5 heteroatoms. The molecule has 4 nitrogen and oxygen atoms in total. The summed E-state index contributed by atoms with van der Waals surface area (Å²) in [6.45, 7) is 4.53. The molecule has 0 atom stereocenters. The summed E-state index contributed by atoms with van der Waals surface area (Å²) in [4.78, 5) is 13.2. The monoisotopic (exact) mass is 387 g/mol. The Morgan fingerprint density at radius 2 is 1.89 bits per heavy atom. The first-order valence-corrected chi connectivity index (χ1v) is 10.4. The molecule has 0 unspecified atom stereocenters. The van der Waals surface area contributed by atoms with E-state index in [1.54, 1.807) is 25.3 Å². The van der Waals surface area contributed by atoms with E-state index in [1.807, 2.05) is 18.4 Å². The summed E-state index contributed by atoms with van der Waals surface area (Å²) in [6.07, 6.45) is 4.89. The second-order valence-corrected chi connectivity index (χ2v) is 8.10. The second kappa shape index (κ2) is 9.81. The molecular weight excluding hydrogens is 358 g/mol. The number of hydrogen-bond acceptors (Lipinski definition) is 5. The van der Waals surface area contributed by atoms with Crippen molar-refractivity contribution in [3.63, 3.8) is 0 Å². The number of ketones is 1. The van der Waals surface area contributed by atoms with Crippen molar-refractivity contribution in [1.82, 2.24) is 5.32 Å². The molecule has 0 saturated carbocycles. The number of phenolic OH excluding ortho intramolecular Hbond substituents is 1. The van der Waals surface area contributed by atoms with Crippen molar-refractivity contribution < 1.29 is 14.6 Å². The molecule has 0 spiro atoms. The fourth-order valence-corrected chi connectivity index (χ4v) is 3.41. The van der Waals surface area contributed by atoms with Gasteiger partial charge in [0.25, 0.3) is 0 Å². The summed E-state index contributed by atoms with van der Waals surface area (Å²) in [5.74, 6) is 1.12. The van der Waals surface area contributed by atoms with Crippen molar-refractivity contribution in [1.29, 1.82) is 0 Å². The Bertz CT molecular complexity index is 757. The van der Waals surface area contributed by atoms with Gasteiger partial charge in [-0.3, -0.25) is 4.79 Å². The smallest absolute Gasteiger partial charge is 0.176 e. The van der Waals surface area contributed by atoms with Crippen LogP contribution in [-0.4, -0.2) is 36.3 Å². The van der Waals surface area contributed by atoms with Gasteiger partial charge in [0, 0.05) is 16.0 Å². The van der Waals surface area contributed by atoms with E-state index >= 15 is 0 Å². The molecule has 146 valence electrons. The number of Topliss-reactive ketones (excluding diaryl/α,β-unsaturated/α-hetero) is 1. The van der Waals surface area contributed by atoms with Crippen LogP contribution < -0.4 is 10.1 Å². The fraction of sp³-hybridized carbons (Fsp3) is 0.409. The summed E-state index contributed by atoms with van der Waals surface area (Å²) in [6, 6.07) is 13.2. The minimum atomic E-state index is -0.124. The largest absolute Gasteiger partial charge is 0.507 e. The molecule has 0 heterocycles. The summed E-state index contributed by atoms with van der Waals surface area (Å²) in [5, 5.41) is 13.1. The van der Waals surface area contributed by atoms with Crippen molar-refractivity contribution in [3.8, 4) is 11.5 Å². The molecule has 2 rings (SSSR count). The molecule has 0 aliphatic heterocycles. The Balaban J connectivity index is 1.81. The van der Waals surface area contributed by atoms with Gasteiger partial charge in [0.1, 0.15) is 11.5 Å². The zero-order valence-electron chi connectivity index (χ0n) is 16.5. The quantitative estimate of drug-likeness (QED) is 0.457. The Kier molecular flexibility index (Phi) is 7.75. The number of hydrogen-bond donors (Lipinski definition) is 2. The number of benzene rings is 2. The van der Waals surface area contributed by atoms with E-state index in [-0.39, 0.29) is 23.6 Å². The number of aryl methyl sites for hydroxylation is 1. The molecule has 27 heavy (non-hydrogen) atoms. The summed E-state index contributed by atoms with van der Waals surface area (Å²) in [7, 11) is 1.67. The molecule has 0 amide bonds. The van der Waals surface area contributed by atoms with Crippen LogP contribution >= 0.6 is 11.8 Å². The Morgan fingerprint density at radius 3 is 2.52 bits per heavy atom. The normalized spacial score (nSPS) is 11.4. The van der Waals surface area contributed by atoms with Gasteiger partial charge in [0.05, 0.1) is 13.7 Å². The number of methoxy groups -OCH3 is 1. The van der Waals surface area contributed by atoms with Gasteiger partial charge in [-0.15, -0.1) is 11.8 Å². The van der Waals surface area contributed by atoms with Crippen molar-refractivity contribution in [2.24, 2.45) is 0 Å². The van der Waals surface area contributed by atoms with Gasteiger partial charge in [-0.25, -0.2) is 0 Å². The van der Waals surface area contributed by atoms with Gasteiger partial charge in [-0.2, -0.15) is 0 Å². The highest BCUT2D eigenvalue weighted by atomic mass is 32.2. The summed E-state index contributed by atoms with van der Waals surface area (Å²) >= 11 is 1.43. The number of aromatic hydroxyl groups is 1. The lowest BCUT2D eigenvalue weighted by atomic mass is 9.95. The first-order valence-electron chi connectivity index (χ1n) is 9.13. The number of nitrogens with one attached hydrogen (secondary N) is 1. The van der Waals surface area contributed by atoms with E-state index in [9.17, 15) is 9.90 Å². The third-order valence-corrected chi connectivity index (χ3v) is 5.42. The minimum Gasteiger partial charge on any atom is -0.507 e. The number of ether oxygens (including phenoxy) is 1. The minimum absolute atomic E-state index is 0.0357. The van der Waals surface area contributed by atoms with Crippen LogP contribution in [0.25, 0.3) is 0 Å². The SMILES string of the molecule is COc1ccc(CCCC(C)(C)NCC(=O)c2ccc(O)c(SC)c2)cc1. The van der Waals surface area contributed by atoms with Crippen LogP contribution in [0, 0.1) is 0 Å². The lowest BCUT2D eigenvalue weighted by molar-refractivity contribution is 0.0979. The molecule has 0 bridgehead atoms. The van der Waals surface area contributed by atoms with Gasteiger partial charge >= 0.3 is 0 Å². The Morgan fingerprint density at radius 1 is 1.19 bits per heavy atom. The molecule has 2 aromatic rings. The van der Waals surface area contributed by atoms with Crippen molar-refractivity contribution in [2.45, 2.75) is 43.5 Å². The molecule has 2 N–H and O–H groups in total. The molecule has 0 aromatic heterocycles. The second-order valence-electron chi connectivity index (χ2n) is 7.25. The van der Waals surface area contributed by atoms with E-state index in [2.05, 4.69) is 31.3 Å². The number of rotatable bonds is 10. The Labute approximate surface area is 166 Å². The number of carbonyl (C=O) groups is 1. The molecule has 0 aliphatic carbocycles. The third kappa shape index (κ3) is 6.60. The van der Waals surface area contributed by atoms with Gasteiger partial charge < -0.3 is 15.2 Å². The van der Waals surface area contributed by atoms with E-state index in [4.69, 9.17) is 4.74 Å². The highest BCUT2D eigenvalue weighted by Crippen LogP contribution is 2.27. The maximum Gasteiger partial charge on any atom is 0.176 e. The number of thioether (sulfide) groups is 1. The van der Waals surface area contributed by atoms with Gasteiger partial charge in [-0.05, 0) is 75.3 Å². The van der Waals surface area contributed by atoms with Crippen LogP contribution in [0.15, 0.2) is 47.4 Å². The van der Waals surface area contributed by atoms with Gasteiger partial charge in [0.2, 0.25) is 0 Å². The van der Waals surface area contributed by atoms with E-state index in [0.717, 1.165) is 29.9 Å². The molecule has 0 fully saturated rings. The number of phenols is 1. The van der Waals surface area contributed by atoms with Crippen LogP contribution in [0.5, 0.6) is 11.5 Å². The van der Waals surface area contributed by atoms with Crippen LogP contribution in [0.4, 0.5) is 0 Å². The highest BCUT2D eigenvalue weighted by molar-refractivity contribution is 7.98. The fourth-order valence-electron chi connectivity index (χ4n) is 2.89. The van der Waals surface area contributed by atoms with Crippen molar-refractivity contribution in [3.05, 3.63) is 53.6 Å². The van der Waals surface area contributed by atoms with Crippen LogP contribution in [0.3, 0.4) is 0 Å². The molecule has 0 saturated heterocycles. The zero-order valence-corrected chi connectivity index (χ0v) is 17.4. The molecular formula is C22H29NO3S. The predicted molar refractivity (Wildman–Crippen MR) is 112 cm³/mol. The van der Waals surface area contributed by atoms with Crippen LogP contribution in [0.1, 0.15) is 42.6 Å². The summed E-state index contributed by atoms with van der Waals surface area (Å²) in [5.41, 5.74) is 1.79. The van der Waals surface area contributed by atoms with Gasteiger partial charge in [-0.1, -0.05) is 12.1 Å². The molecule has 0 aliphatic rings. The zero-order chi connectivity index (χ0) is 19.9. The van der Waals surface area contributed by atoms with Crippen molar-refractivity contribution in [2.75, 3.05) is 19.9 Å². The first-order chi connectivity index (χ1) is 12.8. The molecule has 0 radical (unpaired) electrons. The van der Waals surface area contributed by atoms with Crippen LogP contribution in [0.2, 0.25) is 0 Å². The van der Waals surface area contributed by atoms with E-state index in [0.29, 0.717) is 5.56 Å². The summed E-state index contributed by atoms with van der Waals surface area (Å²) < 4.78 is 5.18. The maximum atomic E-state index is 12.5.